The van der Waals surface area contributed by atoms with Crippen LogP contribution in [0.25, 0.3) is 0 Å². The second-order valence-electron chi connectivity index (χ2n) is 6.10. The lowest BCUT2D eigenvalue weighted by molar-refractivity contribution is 0.0527. The zero-order chi connectivity index (χ0) is 20.8. The zero-order valence-corrected chi connectivity index (χ0v) is 18.2. The predicted molar refractivity (Wildman–Crippen MR) is 117 cm³/mol. The number of anilines is 2. The van der Waals surface area contributed by atoms with E-state index in [1.807, 2.05) is 32.0 Å². The van der Waals surface area contributed by atoms with Gasteiger partial charge < -0.3 is 20.1 Å². The Balaban J connectivity index is 2.33. The molecular weight excluding hydrogens is 396 g/mol. The first-order valence-electron chi connectivity index (χ1n) is 8.91. The van der Waals surface area contributed by atoms with Crippen LogP contribution in [-0.4, -0.2) is 30.3 Å². The summed E-state index contributed by atoms with van der Waals surface area (Å²) in [6, 6.07) is 6.00. The highest BCUT2D eigenvalue weighted by molar-refractivity contribution is 7.80. The van der Waals surface area contributed by atoms with Gasteiger partial charge in [-0.2, -0.15) is 0 Å². The summed E-state index contributed by atoms with van der Waals surface area (Å²) in [5, 5.41) is 6.93. The van der Waals surface area contributed by atoms with Crippen molar-refractivity contribution in [2.45, 2.75) is 34.6 Å². The Kier molecular flexibility index (Phi) is 7.53. The molecule has 1 aromatic carbocycles. The van der Waals surface area contributed by atoms with Crippen LogP contribution in [0.3, 0.4) is 0 Å². The minimum Gasteiger partial charge on any atom is -0.462 e. The molecule has 1 heterocycles. The Morgan fingerprint density at radius 3 is 2.32 bits per heavy atom. The zero-order valence-electron chi connectivity index (χ0n) is 16.6. The maximum Gasteiger partial charge on any atom is 0.348 e. The van der Waals surface area contributed by atoms with Gasteiger partial charge in [-0.15, -0.1) is 11.3 Å². The van der Waals surface area contributed by atoms with Crippen molar-refractivity contribution in [3.8, 4) is 0 Å². The number of ether oxygens (including phenoxy) is 2. The molecule has 2 rings (SSSR count). The molecule has 0 saturated heterocycles. The summed E-state index contributed by atoms with van der Waals surface area (Å²) in [5.41, 5.74) is 3.81. The summed E-state index contributed by atoms with van der Waals surface area (Å²) < 4.78 is 10.2. The van der Waals surface area contributed by atoms with Crippen molar-refractivity contribution in [2.75, 3.05) is 23.8 Å². The van der Waals surface area contributed by atoms with Crippen molar-refractivity contribution >= 4 is 51.3 Å². The molecule has 8 heteroatoms. The van der Waals surface area contributed by atoms with Crippen LogP contribution in [0.2, 0.25) is 0 Å². The van der Waals surface area contributed by atoms with E-state index in [2.05, 4.69) is 10.6 Å². The van der Waals surface area contributed by atoms with Crippen LogP contribution in [0.4, 0.5) is 10.7 Å². The van der Waals surface area contributed by atoms with Crippen molar-refractivity contribution in [1.29, 1.82) is 0 Å². The molecule has 6 nitrogen and oxygen atoms in total. The lowest BCUT2D eigenvalue weighted by atomic mass is 10.1. The fourth-order valence-corrected chi connectivity index (χ4v) is 3.94. The van der Waals surface area contributed by atoms with Gasteiger partial charge in [-0.05, 0) is 69.6 Å². The number of carbonyl (C=O) groups excluding carboxylic acids is 2. The van der Waals surface area contributed by atoms with Gasteiger partial charge in [-0.25, -0.2) is 9.59 Å². The molecule has 2 N–H and O–H groups in total. The van der Waals surface area contributed by atoms with Gasteiger partial charge in [0.15, 0.2) is 5.11 Å². The fraction of sp³-hybridized carbons (Fsp3) is 0.350. The van der Waals surface area contributed by atoms with Crippen molar-refractivity contribution in [3.05, 3.63) is 45.3 Å². The van der Waals surface area contributed by atoms with Crippen LogP contribution < -0.4 is 10.6 Å². The van der Waals surface area contributed by atoms with Crippen LogP contribution in [0.5, 0.6) is 0 Å². The molecule has 0 bridgehead atoms. The molecule has 0 saturated carbocycles. The average molecular weight is 421 g/mol. The minimum absolute atomic E-state index is 0.230. The van der Waals surface area contributed by atoms with Gasteiger partial charge in [0.25, 0.3) is 0 Å². The molecule has 0 amide bonds. The van der Waals surface area contributed by atoms with Gasteiger partial charge in [0.1, 0.15) is 9.88 Å². The van der Waals surface area contributed by atoms with Gasteiger partial charge in [0, 0.05) is 5.69 Å². The summed E-state index contributed by atoms with van der Waals surface area (Å²) >= 11 is 6.54. The number of aryl methyl sites for hydroxylation is 2. The van der Waals surface area contributed by atoms with E-state index in [0.717, 1.165) is 28.2 Å². The summed E-state index contributed by atoms with van der Waals surface area (Å²) in [5.74, 6) is -0.985. The number of thiophene rings is 1. The largest absolute Gasteiger partial charge is 0.462 e. The second kappa shape index (κ2) is 9.66. The number of hydrogen-bond acceptors (Lipinski definition) is 6. The first-order chi connectivity index (χ1) is 13.3. The number of esters is 2. The van der Waals surface area contributed by atoms with Gasteiger partial charge in [0.2, 0.25) is 0 Å². The summed E-state index contributed by atoms with van der Waals surface area (Å²) in [6.45, 7) is 9.60. The van der Waals surface area contributed by atoms with E-state index in [-0.39, 0.29) is 13.2 Å². The van der Waals surface area contributed by atoms with E-state index in [4.69, 9.17) is 21.7 Å². The molecule has 0 spiro atoms. The van der Waals surface area contributed by atoms with Gasteiger partial charge in [-0.3, -0.25) is 0 Å². The third-order valence-electron chi connectivity index (χ3n) is 3.96. The van der Waals surface area contributed by atoms with Crippen LogP contribution in [0, 0.1) is 20.8 Å². The van der Waals surface area contributed by atoms with Crippen molar-refractivity contribution < 1.29 is 19.1 Å². The molecule has 0 unspecified atom stereocenters. The Labute approximate surface area is 174 Å². The molecular formula is C20H24N2O4S2. The van der Waals surface area contributed by atoms with Crippen LogP contribution in [0.15, 0.2) is 18.2 Å². The highest BCUT2D eigenvalue weighted by Crippen LogP contribution is 2.34. The lowest BCUT2D eigenvalue weighted by Crippen LogP contribution is -2.20. The molecule has 0 atom stereocenters. The predicted octanol–water partition coefficient (Wildman–Crippen LogP) is 4.84. The lowest BCUT2D eigenvalue weighted by Gasteiger charge is -2.13. The van der Waals surface area contributed by atoms with Gasteiger partial charge >= 0.3 is 11.9 Å². The maximum absolute atomic E-state index is 12.4. The topological polar surface area (TPSA) is 76.7 Å². The first-order valence-corrected chi connectivity index (χ1v) is 10.1. The van der Waals surface area contributed by atoms with E-state index in [1.165, 1.54) is 0 Å². The van der Waals surface area contributed by atoms with E-state index in [9.17, 15) is 9.59 Å². The fourth-order valence-electron chi connectivity index (χ4n) is 2.57. The molecule has 0 aliphatic rings. The molecule has 2 aromatic rings. The summed E-state index contributed by atoms with van der Waals surface area (Å²) in [6.07, 6.45) is 0. The first kappa shape index (κ1) is 21.8. The average Bonchev–Trinajstić information content (AvgIpc) is 2.94. The van der Waals surface area contributed by atoms with Crippen LogP contribution >= 0.6 is 23.6 Å². The van der Waals surface area contributed by atoms with E-state index in [0.29, 0.717) is 26.1 Å². The molecule has 0 fully saturated rings. The van der Waals surface area contributed by atoms with E-state index < -0.39 is 11.9 Å². The number of hydrogen-bond donors (Lipinski definition) is 2. The van der Waals surface area contributed by atoms with Crippen LogP contribution in [-0.2, 0) is 9.47 Å². The van der Waals surface area contributed by atoms with Crippen molar-refractivity contribution in [3.63, 3.8) is 0 Å². The summed E-state index contributed by atoms with van der Waals surface area (Å²) in [7, 11) is 0. The Morgan fingerprint density at radius 2 is 1.68 bits per heavy atom. The standard InChI is InChI=1S/C20H24N2O4S2/c1-6-25-18(23)15-13(5)16(19(24)26-7-2)28-17(15)22-20(27)21-14-10-11(3)8-9-12(14)4/h8-10H,6-7H2,1-5H3,(H2,21,22,27). The molecule has 0 aliphatic carbocycles. The van der Waals surface area contributed by atoms with E-state index in [1.54, 1.807) is 20.8 Å². The van der Waals surface area contributed by atoms with Gasteiger partial charge in [-0.1, -0.05) is 12.1 Å². The number of carbonyl (C=O) groups is 2. The molecule has 1 aromatic heterocycles. The maximum atomic E-state index is 12.4. The summed E-state index contributed by atoms with van der Waals surface area (Å²) in [4.78, 5) is 25.0. The Bertz CT molecular complexity index is 906. The Hall–Kier alpha value is -2.45. The molecule has 0 radical (unpaired) electrons. The molecule has 28 heavy (non-hydrogen) atoms. The quantitative estimate of drug-likeness (QED) is 0.512. The SMILES string of the molecule is CCOC(=O)c1sc(NC(=S)Nc2cc(C)ccc2C)c(C(=O)OCC)c1C. The smallest absolute Gasteiger partial charge is 0.348 e. The van der Waals surface area contributed by atoms with Crippen LogP contribution in [0.1, 0.15) is 50.6 Å². The third-order valence-corrected chi connectivity index (χ3v) is 5.35. The number of thiocarbonyl (C=S) groups is 1. The normalized spacial score (nSPS) is 10.3. The third kappa shape index (κ3) is 5.08. The molecule has 150 valence electrons. The number of benzene rings is 1. The highest BCUT2D eigenvalue weighted by atomic mass is 32.1. The monoisotopic (exact) mass is 420 g/mol. The number of nitrogens with one attached hydrogen (secondary N) is 2. The van der Waals surface area contributed by atoms with Gasteiger partial charge in [0.05, 0.1) is 18.8 Å². The molecule has 0 aliphatic heterocycles. The minimum atomic E-state index is -0.510. The van der Waals surface area contributed by atoms with Crippen molar-refractivity contribution in [1.82, 2.24) is 0 Å². The number of rotatable bonds is 6. The Morgan fingerprint density at radius 1 is 1.04 bits per heavy atom. The van der Waals surface area contributed by atoms with E-state index >= 15 is 0 Å². The van der Waals surface area contributed by atoms with Crippen molar-refractivity contribution in [2.24, 2.45) is 0 Å². The second-order valence-corrected chi connectivity index (χ2v) is 7.53. The highest BCUT2D eigenvalue weighted by Gasteiger charge is 2.26.